The molecule has 2 N–H and O–H groups in total. The van der Waals surface area contributed by atoms with Crippen LogP contribution in [0, 0.1) is 5.41 Å². The molecule has 0 atom stereocenters. The lowest BCUT2D eigenvalue weighted by Gasteiger charge is -2.40. The van der Waals surface area contributed by atoms with Crippen LogP contribution in [0.4, 0.5) is 0 Å². The van der Waals surface area contributed by atoms with E-state index in [1.165, 1.54) is 19.3 Å². The Morgan fingerprint density at radius 2 is 2.15 bits per heavy atom. The molecule has 1 aliphatic carbocycles. The van der Waals surface area contributed by atoms with Gasteiger partial charge in [-0.2, -0.15) is 0 Å². The summed E-state index contributed by atoms with van der Waals surface area (Å²) in [4.78, 5) is 11.5. The van der Waals surface area contributed by atoms with Crippen LogP contribution in [0.2, 0.25) is 0 Å². The number of nitrogens with two attached hydrogens (primary N) is 1. The smallest absolute Gasteiger partial charge is 0.133 e. The van der Waals surface area contributed by atoms with Crippen molar-refractivity contribution in [2.45, 2.75) is 51.9 Å². The lowest BCUT2D eigenvalue weighted by Crippen LogP contribution is -2.39. The Hall–Kier alpha value is -0.370. The fourth-order valence-electron chi connectivity index (χ4n) is 2.01. The first-order valence-electron chi connectivity index (χ1n) is 5.44. The number of hydrogen-bond acceptors (Lipinski definition) is 2. The number of carbonyl (C=O) groups excluding carboxylic acids is 1. The van der Waals surface area contributed by atoms with E-state index in [9.17, 15) is 4.79 Å². The van der Waals surface area contributed by atoms with E-state index in [4.69, 9.17) is 5.73 Å². The SMILES string of the molecule is CCCCC(=O)CC1(CN)CCC1. The van der Waals surface area contributed by atoms with Gasteiger partial charge in [0.2, 0.25) is 0 Å². The van der Waals surface area contributed by atoms with Crippen molar-refractivity contribution in [1.82, 2.24) is 0 Å². The van der Waals surface area contributed by atoms with Gasteiger partial charge in [0.25, 0.3) is 0 Å². The molecule has 0 aromatic rings. The van der Waals surface area contributed by atoms with Crippen molar-refractivity contribution < 1.29 is 4.79 Å². The van der Waals surface area contributed by atoms with Gasteiger partial charge in [-0.1, -0.05) is 19.8 Å². The Morgan fingerprint density at radius 1 is 1.46 bits per heavy atom. The van der Waals surface area contributed by atoms with E-state index in [0.29, 0.717) is 12.3 Å². The van der Waals surface area contributed by atoms with E-state index in [-0.39, 0.29) is 5.41 Å². The number of unbranched alkanes of at least 4 members (excludes halogenated alkanes) is 1. The van der Waals surface area contributed by atoms with Gasteiger partial charge >= 0.3 is 0 Å². The van der Waals surface area contributed by atoms with Crippen LogP contribution >= 0.6 is 0 Å². The first-order valence-corrected chi connectivity index (χ1v) is 5.44. The van der Waals surface area contributed by atoms with Crippen LogP contribution in [0.3, 0.4) is 0 Å². The second-order valence-electron chi connectivity index (χ2n) is 4.38. The summed E-state index contributed by atoms with van der Waals surface area (Å²) in [6.07, 6.45) is 7.25. The second kappa shape index (κ2) is 4.75. The molecule has 76 valence electrons. The summed E-state index contributed by atoms with van der Waals surface area (Å²) in [7, 11) is 0. The normalized spacial score (nSPS) is 19.5. The Bertz CT molecular complexity index is 167. The number of Topliss-reactive ketones (excluding diaryl/α,β-unsaturated/α-hetero) is 1. The molecule has 2 nitrogen and oxygen atoms in total. The average Bonchev–Trinajstić information content (AvgIpc) is 2.08. The van der Waals surface area contributed by atoms with E-state index >= 15 is 0 Å². The summed E-state index contributed by atoms with van der Waals surface area (Å²) >= 11 is 0. The summed E-state index contributed by atoms with van der Waals surface area (Å²) in [6.45, 7) is 2.82. The largest absolute Gasteiger partial charge is 0.330 e. The molecule has 1 aliphatic rings. The minimum absolute atomic E-state index is 0.213. The van der Waals surface area contributed by atoms with Gasteiger partial charge in [0.05, 0.1) is 0 Å². The van der Waals surface area contributed by atoms with Gasteiger partial charge in [0.1, 0.15) is 5.78 Å². The summed E-state index contributed by atoms with van der Waals surface area (Å²) in [6, 6.07) is 0. The molecule has 1 rings (SSSR count). The Morgan fingerprint density at radius 3 is 2.54 bits per heavy atom. The van der Waals surface area contributed by atoms with E-state index in [1.54, 1.807) is 0 Å². The molecule has 0 radical (unpaired) electrons. The van der Waals surface area contributed by atoms with E-state index in [2.05, 4.69) is 6.92 Å². The van der Waals surface area contributed by atoms with Gasteiger partial charge in [0.15, 0.2) is 0 Å². The van der Waals surface area contributed by atoms with E-state index < -0.39 is 0 Å². The summed E-state index contributed by atoms with van der Waals surface area (Å²) in [5.41, 5.74) is 5.91. The van der Waals surface area contributed by atoms with E-state index in [1.807, 2.05) is 0 Å². The third-order valence-electron chi connectivity index (χ3n) is 3.23. The van der Waals surface area contributed by atoms with Gasteiger partial charge in [-0.25, -0.2) is 0 Å². The number of hydrogen-bond donors (Lipinski definition) is 1. The van der Waals surface area contributed by atoms with Crippen LogP contribution in [0.1, 0.15) is 51.9 Å². The minimum Gasteiger partial charge on any atom is -0.330 e. The molecule has 1 saturated carbocycles. The maximum absolute atomic E-state index is 11.5. The predicted molar refractivity (Wildman–Crippen MR) is 54.5 cm³/mol. The zero-order chi connectivity index (χ0) is 9.73. The van der Waals surface area contributed by atoms with Gasteiger partial charge in [0, 0.05) is 12.8 Å². The molecule has 0 aliphatic heterocycles. The van der Waals surface area contributed by atoms with Gasteiger partial charge in [-0.3, -0.25) is 4.79 Å². The second-order valence-corrected chi connectivity index (χ2v) is 4.38. The molecule has 0 spiro atoms. The standard InChI is InChI=1S/C11H21NO/c1-2-3-5-10(13)8-11(9-12)6-4-7-11/h2-9,12H2,1H3. The highest BCUT2D eigenvalue weighted by Crippen LogP contribution is 2.43. The van der Waals surface area contributed by atoms with Crippen molar-refractivity contribution in [3.05, 3.63) is 0 Å². The molecular weight excluding hydrogens is 162 g/mol. The van der Waals surface area contributed by atoms with Crippen LogP contribution in [0.25, 0.3) is 0 Å². The van der Waals surface area contributed by atoms with Crippen molar-refractivity contribution >= 4 is 5.78 Å². The fraction of sp³-hybridized carbons (Fsp3) is 0.909. The predicted octanol–water partition coefficient (Wildman–Crippen LogP) is 2.26. The summed E-state index contributed by atoms with van der Waals surface area (Å²) < 4.78 is 0. The molecule has 0 heterocycles. The number of ketones is 1. The lowest BCUT2D eigenvalue weighted by atomic mass is 9.65. The Kier molecular flexibility index (Phi) is 3.91. The maximum atomic E-state index is 11.5. The number of rotatable bonds is 6. The first-order chi connectivity index (χ1) is 6.22. The van der Waals surface area contributed by atoms with Crippen molar-refractivity contribution in [3.63, 3.8) is 0 Å². The van der Waals surface area contributed by atoms with Gasteiger partial charge < -0.3 is 5.73 Å². The lowest BCUT2D eigenvalue weighted by molar-refractivity contribution is -0.122. The zero-order valence-corrected chi connectivity index (χ0v) is 8.64. The third-order valence-corrected chi connectivity index (χ3v) is 3.23. The molecule has 0 saturated heterocycles. The number of carbonyl (C=O) groups is 1. The maximum Gasteiger partial charge on any atom is 0.133 e. The van der Waals surface area contributed by atoms with Crippen molar-refractivity contribution in [2.75, 3.05) is 6.54 Å². The third kappa shape index (κ3) is 2.80. The highest BCUT2D eigenvalue weighted by atomic mass is 16.1. The molecule has 1 fully saturated rings. The Labute approximate surface area is 80.9 Å². The molecule has 0 bridgehead atoms. The summed E-state index contributed by atoms with van der Waals surface area (Å²) in [5, 5.41) is 0. The van der Waals surface area contributed by atoms with Crippen LogP contribution in [-0.4, -0.2) is 12.3 Å². The monoisotopic (exact) mass is 183 g/mol. The average molecular weight is 183 g/mol. The fourth-order valence-corrected chi connectivity index (χ4v) is 2.01. The molecule has 0 unspecified atom stereocenters. The zero-order valence-electron chi connectivity index (χ0n) is 8.64. The van der Waals surface area contributed by atoms with E-state index in [0.717, 1.165) is 25.7 Å². The first kappa shape index (κ1) is 10.7. The highest BCUT2D eigenvalue weighted by molar-refractivity contribution is 5.79. The molecule has 0 aromatic carbocycles. The van der Waals surface area contributed by atoms with Gasteiger partial charge in [-0.15, -0.1) is 0 Å². The van der Waals surface area contributed by atoms with Crippen molar-refractivity contribution in [1.29, 1.82) is 0 Å². The topological polar surface area (TPSA) is 43.1 Å². The molecular formula is C11H21NO. The van der Waals surface area contributed by atoms with Crippen molar-refractivity contribution in [3.8, 4) is 0 Å². The highest BCUT2D eigenvalue weighted by Gasteiger charge is 2.36. The quantitative estimate of drug-likeness (QED) is 0.686. The van der Waals surface area contributed by atoms with Crippen molar-refractivity contribution in [2.24, 2.45) is 11.1 Å². The van der Waals surface area contributed by atoms with Crippen LogP contribution < -0.4 is 5.73 Å². The molecule has 13 heavy (non-hydrogen) atoms. The molecule has 2 heteroatoms. The summed E-state index contributed by atoms with van der Waals surface area (Å²) in [5.74, 6) is 0.423. The van der Waals surface area contributed by atoms with Crippen LogP contribution in [0.15, 0.2) is 0 Å². The molecule has 0 aromatic heterocycles. The Balaban J connectivity index is 2.25. The van der Waals surface area contributed by atoms with Crippen LogP contribution in [-0.2, 0) is 4.79 Å². The van der Waals surface area contributed by atoms with Gasteiger partial charge in [-0.05, 0) is 31.2 Å². The van der Waals surface area contributed by atoms with Crippen LogP contribution in [0.5, 0.6) is 0 Å². The molecule has 0 amide bonds. The minimum atomic E-state index is 0.213.